The zero-order chi connectivity index (χ0) is 18.5. The van der Waals surface area contributed by atoms with Crippen LogP contribution in [0.4, 0.5) is 0 Å². The smallest absolute Gasteiger partial charge is 0.233 e. The lowest BCUT2D eigenvalue weighted by atomic mass is 10.1. The van der Waals surface area contributed by atoms with Gasteiger partial charge in [-0.05, 0) is 26.3 Å². The van der Waals surface area contributed by atoms with Crippen molar-refractivity contribution >= 4 is 17.7 Å². The van der Waals surface area contributed by atoms with Crippen molar-refractivity contribution in [3.63, 3.8) is 0 Å². The lowest BCUT2D eigenvalue weighted by Crippen LogP contribution is -2.48. The van der Waals surface area contributed by atoms with Crippen LogP contribution in [0.5, 0.6) is 0 Å². The Balaban J connectivity index is 1.45. The van der Waals surface area contributed by atoms with E-state index in [2.05, 4.69) is 60.1 Å². The number of benzene rings is 1. The van der Waals surface area contributed by atoms with Gasteiger partial charge in [-0.3, -0.25) is 9.69 Å². The summed E-state index contributed by atoms with van der Waals surface area (Å²) in [6.07, 6.45) is 1.72. The van der Waals surface area contributed by atoms with Gasteiger partial charge in [-0.25, -0.2) is 0 Å². The van der Waals surface area contributed by atoms with E-state index in [4.69, 9.17) is 0 Å². The van der Waals surface area contributed by atoms with Gasteiger partial charge in [0.2, 0.25) is 5.91 Å². The summed E-state index contributed by atoms with van der Waals surface area (Å²) in [5.41, 5.74) is 2.64. The van der Waals surface area contributed by atoms with Crippen molar-refractivity contribution in [3.05, 3.63) is 41.7 Å². The number of piperazine rings is 1. The van der Waals surface area contributed by atoms with Crippen LogP contribution < -0.4 is 0 Å². The Labute approximate surface area is 159 Å². The number of amides is 1. The van der Waals surface area contributed by atoms with Crippen LogP contribution in [0, 0.1) is 6.92 Å². The Morgan fingerprint density at radius 3 is 2.69 bits per heavy atom. The number of carbonyl (C=O) groups is 1. The van der Waals surface area contributed by atoms with E-state index in [0.717, 1.165) is 37.9 Å². The van der Waals surface area contributed by atoms with Gasteiger partial charge >= 0.3 is 0 Å². The second kappa shape index (κ2) is 8.68. The third kappa shape index (κ3) is 4.86. The molecule has 1 fully saturated rings. The van der Waals surface area contributed by atoms with E-state index in [-0.39, 0.29) is 5.91 Å². The normalized spacial score (nSPS) is 15.6. The van der Waals surface area contributed by atoms with Crippen LogP contribution >= 0.6 is 11.8 Å². The molecule has 2 heterocycles. The summed E-state index contributed by atoms with van der Waals surface area (Å²) in [7, 11) is 0. The molecule has 7 heteroatoms. The predicted molar refractivity (Wildman–Crippen MR) is 104 cm³/mol. The summed E-state index contributed by atoms with van der Waals surface area (Å²) in [6, 6.07) is 8.94. The maximum atomic E-state index is 12.5. The second-order valence-electron chi connectivity index (χ2n) is 7.05. The molecule has 1 aromatic heterocycles. The summed E-state index contributed by atoms with van der Waals surface area (Å²) < 4.78 is 2.00. The molecule has 26 heavy (non-hydrogen) atoms. The first-order valence-corrected chi connectivity index (χ1v) is 10.1. The van der Waals surface area contributed by atoms with Gasteiger partial charge in [0.1, 0.15) is 6.33 Å². The van der Waals surface area contributed by atoms with Crippen molar-refractivity contribution in [2.45, 2.75) is 38.5 Å². The van der Waals surface area contributed by atoms with Crippen molar-refractivity contribution in [1.29, 1.82) is 0 Å². The van der Waals surface area contributed by atoms with Crippen molar-refractivity contribution < 1.29 is 4.79 Å². The maximum Gasteiger partial charge on any atom is 0.233 e. The first kappa shape index (κ1) is 18.9. The molecular formula is C19H27N5OS. The minimum Gasteiger partial charge on any atom is -0.339 e. The molecule has 1 aliphatic heterocycles. The third-order valence-corrected chi connectivity index (χ3v) is 5.58. The zero-order valence-electron chi connectivity index (χ0n) is 15.8. The summed E-state index contributed by atoms with van der Waals surface area (Å²) in [5.74, 6) is 0.604. The Morgan fingerprint density at radius 1 is 1.23 bits per heavy atom. The lowest BCUT2D eigenvalue weighted by molar-refractivity contribution is -0.130. The molecule has 1 amide bonds. The molecule has 3 rings (SSSR count). The minimum absolute atomic E-state index is 0.184. The third-order valence-electron chi connectivity index (χ3n) is 4.63. The van der Waals surface area contributed by atoms with Crippen LogP contribution in [-0.4, -0.2) is 62.4 Å². The van der Waals surface area contributed by atoms with Crippen LogP contribution in [0.2, 0.25) is 0 Å². The topological polar surface area (TPSA) is 54.3 Å². The van der Waals surface area contributed by atoms with Gasteiger partial charge in [0.15, 0.2) is 5.16 Å². The molecule has 0 saturated carbocycles. The van der Waals surface area contributed by atoms with E-state index < -0.39 is 0 Å². The van der Waals surface area contributed by atoms with Gasteiger partial charge in [-0.1, -0.05) is 41.6 Å². The Kier molecular flexibility index (Phi) is 6.32. The predicted octanol–water partition coefficient (Wildman–Crippen LogP) is 2.60. The first-order valence-electron chi connectivity index (χ1n) is 9.11. The number of aryl methyl sites for hydroxylation is 1. The fourth-order valence-electron chi connectivity index (χ4n) is 3.13. The summed E-state index contributed by atoms with van der Waals surface area (Å²) >= 11 is 1.47. The highest BCUT2D eigenvalue weighted by Crippen LogP contribution is 2.19. The van der Waals surface area contributed by atoms with Crippen molar-refractivity contribution in [2.24, 2.45) is 0 Å². The van der Waals surface area contributed by atoms with E-state index >= 15 is 0 Å². The van der Waals surface area contributed by atoms with Crippen molar-refractivity contribution in [2.75, 3.05) is 31.9 Å². The molecule has 0 N–H and O–H groups in total. The number of hydrogen-bond acceptors (Lipinski definition) is 5. The highest BCUT2D eigenvalue weighted by atomic mass is 32.2. The standard InChI is InChI=1S/C19H27N5OS/c1-15(2)24-14-20-21-19(24)26-13-18(25)23-9-7-22(8-10-23)12-17-6-4-5-16(3)11-17/h4-6,11,14-15H,7-10,12-13H2,1-3H3. The molecule has 1 aliphatic rings. The molecule has 0 radical (unpaired) electrons. The van der Waals surface area contributed by atoms with Crippen LogP contribution in [-0.2, 0) is 11.3 Å². The van der Waals surface area contributed by atoms with Crippen LogP contribution in [0.25, 0.3) is 0 Å². The van der Waals surface area contributed by atoms with Crippen LogP contribution in [0.1, 0.15) is 31.0 Å². The van der Waals surface area contributed by atoms with Gasteiger partial charge in [-0.2, -0.15) is 0 Å². The maximum absolute atomic E-state index is 12.5. The Bertz CT molecular complexity index is 737. The summed E-state index contributed by atoms with van der Waals surface area (Å²) in [5, 5.41) is 8.88. The monoisotopic (exact) mass is 373 g/mol. The average molecular weight is 374 g/mol. The molecule has 2 aromatic rings. The SMILES string of the molecule is Cc1cccc(CN2CCN(C(=O)CSc3nncn3C(C)C)CC2)c1. The Hall–Kier alpha value is -1.86. The van der Waals surface area contributed by atoms with E-state index in [9.17, 15) is 4.79 Å². The molecule has 0 aliphatic carbocycles. The highest BCUT2D eigenvalue weighted by molar-refractivity contribution is 7.99. The average Bonchev–Trinajstić information content (AvgIpc) is 3.09. The van der Waals surface area contributed by atoms with Crippen molar-refractivity contribution in [3.8, 4) is 0 Å². The molecule has 0 spiro atoms. The van der Waals surface area contributed by atoms with Gasteiger partial charge in [0.05, 0.1) is 5.75 Å². The van der Waals surface area contributed by atoms with Gasteiger partial charge in [-0.15, -0.1) is 10.2 Å². The largest absolute Gasteiger partial charge is 0.339 e. The first-order chi connectivity index (χ1) is 12.5. The molecule has 140 valence electrons. The van der Waals surface area contributed by atoms with E-state index in [1.165, 1.54) is 22.9 Å². The Morgan fingerprint density at radius 2 is 2.00 bits per heavy atom. The van der Waals surface area contributed by atoms with Crippen molar-refractivity contribution in [1.82, 2.24) is 24.6 Å². The zero-order valence-corrected chi connectivity index (χ0v) is 16.6. The number of aromatic nitrogens is 3. The molecule has 0 unspecified atom stereocenters. The number of carbonyl (C=O) groups excluding carboxylic acids is 1. The van der Waals surface area contributed by atoms with Gasteiger partial charge in [0, 0.05) is 38.8 Å². The number of hydrogen-bond donors (Lipinski definition) is 0. The van der Waals surface area contributed by atoms with E-state index in [0.29, 0.717) is 11.8 Å². The quantitative estimate of drug-likeness (QED) is 0.729. The summed E-state index contributed by atoms with van der Waals surface area (Å²) in [4.78, 5) is 16.9. The van der Waals surface area contributed by atoms with Gasteiger partial charge < -0.3 is 9.47 Å². The van der Waals surface area contributed by atoms with Crippen LogP contribution in [0.15, 0.2) is 35.7 Å². The molecule has 0 bridgehead atoms. The number of thioether (sulfide) groups is 1. The summed E-state index contributed by atoms with van der Waals surface area (Å²) in [6.45, 7) is 10.7. The number of nitrogens with zero attached hydrogens (tertiary/aromatic N) is 5. The van der Waals surface area contributed by atoms with E-state index in [1.54, 1.807) is 6.33 Å². The molecular weight excluding hydrogens is 346 g/mol. The second-order valence-corrected chi connectivity index (χ2v) is 7.99. The number of rotatable bonds is 6. The highest BCUT2D eigenvalue weighted by Gasteiger charge is 2.22. The fraction of sp³-hybridized carbons (Fsp3) is 0.526. The fourth-order valence-corrected chi connectivity index (χ4v) is 4.08. The molecule has 6 nitrogen and oxygen atoms in total. The molecule has 1 saturated heterocycles. The van der Waals surface area contributed by atoms with Crippen LogP contribution in [0.3, 0.4) is 0 Å². The molecule has 0 atom stereocenters. The lowest BCUT2D eigenvalue weighted by Gasteiger charge is -2.34. The minimum atomic E-state index is 0.184. The molecule has 1 aromatic carbocycles. The van der Waals surface area contributed by atoms with Gasteiger partial charge in [0.25, 0.3) is 0 Å². The van der Waals surface area contributed by atoms with E-state index in [1.807, 2.05) is 9.47 Å².